The van der Waals surface area contributed by atoms with E-state index in [2.05, 4.69) is 10.6 Å². The lowest BCUT2D eigenvalue weighted by Crippen LogP contribution is -2.15. The van der Waals surface area contributed by atoms with Crippen LogP contribution in [0.3, 0.4) is 0 Å². The van der Waals surface area contributed by atoms with Crippen LogP contribution >= 0.6 is 11.6 Å². The normalized spacial score (nSPS) is 18.4. The molecule has 4 heteroatoms. The van der Waals surface area contributed by atoms with Crippen LogP contribution in [-0.4, -0.2) is 16.7 Å². The molecule has 1 heterocycles. The van der Waals surface area contributed by atoms with Gasteiger partial charge in [0.2, 0.25) is 0 Å². The summed E-state index contributed by atoms with van der Waals surface area (Å²) in [6.07, 6.45) is 6.38. The van der Waals surface area contributed by atoms with Gasteiger partial charge in [-0.3, -0.25) is 0 Å². The van der Waals surface area contributed by atoms with Crippen LogP contribution in [0.2, 0.25) is 0 Å². The minimum atomic E-state index is -0.0889. The number of para-hydroxylation sites is 1. The van der Waals surface area contributed by atoms with Gasteiger partial charge in [-0.15, -0.1) is 11.6 Å². The number of fused-ring (bicyclic) bond motifs is 1. The first-order valence-electron chi connectivity index (χ1n) is 7.41. The fourth-order valence-corrected chi connectivity index (χ4v) is 3.43. The van der Waals surface area contributed by atoms with Gasteiger partial charge in [0.25, 0.3) is 0 Å². The summed E-state index contributed by atoms with van der Waals surface area (Å²) in [6, 6.07) is 6.65. The van der Waals surface area contributed by atoms with Crippen LogP contribution in [0, 0.1) is 0 Å². The Morgan fingerprint density at radius 1 is 1.30 bits per heavy atom. The summed E-state index contributed by atoms with van der Waals surface area (Å²) in [5.74, 6) is 1.80. The van der Waals surface area contributed by atoms with Gasteiger partial charge in [0, 0.05) is 6.04 Å². The first kappa shape index (κ1) is 13.7. The molecule has 1 saturated carbocycles. The zero-order chi connectivity index (χ0) is 14.1. The molecule has 2 aromatic rings. The molecule has 1 aliphatic rings. The minimum Gasteiger partial charge on any atom is -0.494 e. The third-order valence-corrected chi connectivity index (χ3v) is 4.42. The number of ether oxygens (including phenoxy) is 1. The molecule has 1 fully saturated rings. The molecule has 0 aliphatic heterocycles. The van der Waals surface area contributed by atoms with E-state index in [4.69, 9.17) is 21.3 Å². The topological polar surface area (TPSA) is 27.1 Å². The minimum absolute atomic E-state index is 0.0889. The number of hydrogen-bond acceptors (Lipinski definition) is 2. The molecule has 108 valence electrons. The molecule has 3 rings (SSSR count). The van der Waals surface area contributed by atoms with Crippen molar-refractivity contribution in [2.75, 3.05) is 7.11 Å². The quantitative estimate of drug-likeness (QED) is 0.756. The van der Waals surface area contributed by atoms with E-state index in [1.54, 1.807) is 7.11 Å². The first-order valence-corrected chi connectivity index (χ1v) is 7.85. The van der Waals surface area contributed by atoms with Crippen LogP contribution in [-0.2, 0) is 0 Å². The van der Waals surface area contributed by atoms with E-state index in [1.165, 1.54) is 32.1 Å². The molecule has 0 amide bonds. The molecule has 0 radical (unpaired) electrons. The predicted octanol–water partition coefficient (Wildman–Crippen LogP) is 4.85. The van der Waals surface area contributed by atoms with Gasteiger partial charge >= 0.3 is 0 Å². The number of rotatable bonds is 3. The standard InChI is InChI=1S/C16H21ClN2O/c1-11(17)16-18-15-13(9-6-10-14(15)20-2)19(16)12-7-4-3-5-8-12/h6,9-12H,3-5,7-8H2,1-2H3. The monoisotopic (exact) mass is 292 g/mol. The van der Waals surface area contributed by atoms with E-state index >= 15 is 0 Å². The van der Waals surface area contributed by atoms with E-state index < -0.39 is 0 Å². The summed E-state index contributed by atoms with van der Waals surface area (Å²) in [5.41, 5.74) is 2.09. The average molecular weight is 293 g/mol. The van der Waals surface area contributed by atoms with Crippen molar-refractivity contribution in [2.45, 2.75) is 50.4 Å². The highest BCUT2D eigenvalue weighted by Gasteiger charge is 2.24. The fourth-order valence-electron chi connectivity index (χ4n) is 3.28. The Kier molecular flexibility index (Phi) is 3.88. The Morgan fingerprint density at radius 3 is 2.70 bits per heavy atom. The molecular weight excluding hydrogens is 272 g/mol. The zero-order valence-electron chi connectivity index (χ0n) is 12.1. The highest BCUT2D eigenvalue weighted by molar-refractivity contribution is 6.20. The number of aromatic nitrogens is 2. The van der Waals surface area contributed by atoms with Gasteiger partial charge in [0.1, 0.15) is 17.1 Å². The Hall–Kier alpha value is -1.22. The second-order valence-corrected chi connectivity index (χ2v) is 6.23. The third-order valence-electron chi connectivity index (χ3n) is 4.23. The van der Waals surface area contributed by atoms with Crippen molar-refractivity contribution in [3.8, 4) is 5.75 Å². The number of halogens is 1. The predicted molar refractivity (Wildman–Crippen MR) is 82.7 cm³/mol. The van der Waals surface area contributed by atoms with Gasteiger partial charge in [-0.05, 0) is 31.9 Å². The molecule has 0 bridgehead atoms. The first-order chi connectivity index (χ1) is 9.72. The summed E-state index contributed by atoms with van der Waals surface area (Å²) < 4.78 is 7.80. The average Bonchev–Trinajstić information content (AvgIpc) is 2.87. The fraction of sp³-hybridized carbons (Fsp3) is 0.562. The van der Waals surface area contributed by atoms with Gasteiger partial charge in [0.15, 0.2) is 0 Å². The highest BCUT2D eigenvalue weighted by Crippen LogP contribution is 2.37. The van der Waals surface area contributed by atoms with Crippen LogP contribution in [0.15, 0.2) is 18.2 Å². The van der Waals surface area contributed by atoms with Gasteiger partial charge < -0.3 is 9.30 Å². The number of imidazole rings is 1. The van der Waals surface area contributed by atoms with Crippen molar-refractivity contribution in [2.24, 2.45) is 0 Å². The lowest BCUT2D eigenvalue weighted by Gasteiger charge is -2.26. The number of nitrogens with zero attached hydrogens (tertiary/aromatic N) is 2. The van der Waals surface area contributed by atoms with Crippen molar-refractivity contribution in [1.82, 2.24) is 9.55 Å². The molecule has 1 atom stereocenters. The van der Waals surface area contributed by atoms with Crippen LogP contribution in [0.5, 0.6) is 5.75 Å². The van der Waals surface area contributed by atoms with Crippen LogP contribution < -0.4 is 4.74 Å². The van der Waals surface area contributed by atoms with E-state index in [9.17, 15) is 0 Å². The van der Waals surface area contributed by atoms with Crippen molar-refractivity contribution in [3.05, 3.63) is 24.0 Å². The number of benzene rings is 1. The van der Waals surface area contributed by atoms with Gasteiger partial charge in [0.05, 0.1) is 18.0 Å². The van der Waals surface area contributed by atoms with Crippen molar-refractivity contribution < 1.29 is 4.74 Å². The van der Waals surface area contributed by atoms with Crippen molar-refractivity contribution >= 4 is 22.6 Å². The van der Waals surface area contributed by atoms with Crippen molar-refractivity contribution in [3.63, 3.8) is 0 Å². The number of alkyl halides is 1. The lowest BCUT2D eigenvalue weighted by atomic mass is 9.95. The molecule has 1 unspecified atom stereocenters. The van der Waals surface area contributed by atoms with Gasteiger partial charge in [-0.2, -0.15) is 0 Å². The second-order valence-electron chi connectivity index (χ2n) is 5.58. The van der Waals surface area contributed by atoms with Crippen LogP contribution in [0.1, 0.15) is 56.3 Å². The second kappa shape index (κ2) is 5.65. The largest absolute Gasteiger partial charge is 0.494 e. The van der Waals surface area contributed by atoms with E-state index in [1.807, 2.05) is 19.1 Å². The molecule has 0 spiro atoms. The van der Waals surface area contributed by atoms with E-state index in [-0.39, 0.29) is 5.38 Å². The molecule has 1 aromatic heterocycles. The van der Waals surface area contributed by atoms with Crippen LogP contribution in [0.25, 0.3) is 11.0 Å². The lowest BCUT2D eigenvalue weighted by molar-refractivity contribution is 0.352. The number of methoxy groups -OCH3 is 1. The molecule has 20 heavy (non-hydrogen) atoms. The van der Waals surface area contributed by atoms with Crippen molar-refractivity contribution in [1.29, 1.82) is 0 Å². The number of hydrogen-bond donors (Lipinski definition) is 0. The molecular formula is C16H21ClN2O. The molecule has 1 aromatic carbocycles. The molecule has 0 N–H and O–H groups in total. The Bertz CT molecular complexity index is 600. The zero-order valence-corrected chi connectivity index (χ0v) is 12.9. The maximum Gasteiger partial charge on any atom is 0.146 e. The maximum absolute atomic E-state index is 6.37. The summed E-state index contributed by atoms with van der Waals surface area (Å²) >= 11 is 6.37. The molecule has 1 aliphatic carbocycles. The smallest absolute Gasteiger partial charge is 0.146 e. The third kappa shape index (κ3) is 2.28. The molecule has 0 saturated heterocycles. The van der Waals surface area contributed by atoms with Gasteiger partial charge in [-0.1, -0.05) is 25.3 Å². The highest BCUT2D eigenvalue weighted by atomic mass is 35.5. The Morgan fingerprint density at radius 2 is 2.05 bits per heavy atom. The summed E-state index contributed by atoms with van der Waals surface area (Å²) in [7, 11) is 1.69. The SMILES string of the molecule is COc1cccc2c1nc(C(C)Cl)n2C1CCCCC1. The van der Waals surface area contributed by atoms with E-state index in [0.29, 0.717) is 6.04 Å². The maximum atomic E-state index is 6.37. The molecule has 3 nitrogen and oxygen atoms in total. The van der Waals surface area contributed by atoms with E-state index in [0.717, 1.165) is 22.6 Å². The summed E-state index contributed by atoms with van der Waals surface area (Å²) in [6.45, 7) is 1.99. The Labute approximate surface area is 124 Å². The Balaban J connectivity index is 2.18. The van der Waals surface area contributed by atoms with Gasteiger partial charge in [-0.25, -0.2) is 4.98 Å². The van der Waals surface area contributed by atoms with Crippen LogP contribution in [0.4, 0.5) is 0 Å². The summed E-state index contributed by atoms with van der Waals surface area (Å²) in [4.78, 5) is 4.76. The summed E-state index contributed by atoms with van der Waals surface area (Å²) in [5, 5.41) is -0.0889.